The Bertz CT molecular complexity index is 490. The predicted octanol–water partition coefficient (Wildman–Crippen LogP) is 1.70. The van der Waals surface area contributed by atoms with Crippen molar-refractivity contribution in [3.63, 3.8) is 0 Å². The van der Waals surface area contributed by atoms with E-state index in [1.807, 2.05) is 24.3 Å². The van der Waals surface area contributed by atoms with Crippen LogP contribution in [0.3, 0.4) is 0 Å². The highest BCUT2D eigenvalue weighted by Gasteiger charge is 2.44. The van der Waals surface area contributed by atoms with Crippen molar-refractivity contribution in [3.8, 4) is 0 Å². The quantitative estimate of drug-likeness (QED) is 0.807. The first-order valence-electron chi connectivity index (χ1n) is 6.36. The van der Waals surface area contributed by atoms with Crippen LogP contribution in [0.4, 0.5) is 0 Å². The Morgan fingerprint density at radius 3 is 2.63 bits per heavy atom. The van der Waals surface area contributed by atoms with E-state index in [1.54, 1.807) is 0 Å². The van der Waals surface area contributed by atoms with Gasteiger partial charge in [0.15, 0.2) is 0 Å². The van der Waals surface area contributed by atoms with E-state index in [9.17, 15) is 9.59 Å². The largest absolute Gasteiger partial charge is 0.355 e. The fourth-order valence-corrected chi connectivity index (χ4v) is 2.44. The minimum absolute atomic E-state index is 0.0113. The molecule has 0 spiro atoms. The van der Waals surface area contributed by atoms with Crippen molar-refractivity contribution >= 4 is 23.4 Å². The van der Waals surface area contributed by atoms with E-state index in [4.69, 9.17) is 11.6 Å². The summed E-state index contributed by atoms with van der Waals surface area (Å²) in [5, 5.41) is 6.18. The predicted molar refractivity (Wildman–Crippen MR) is 74.0 cm³/mol. The normalized spacial score (nSPS) is 20.7. The first-order chi connectivity index (χ1) is 9.09. The van der Waals surface area contributed by atoms with Crippen molar-refractivity contribution in [2.45, 2.75) is 19.3 Å². The molecule has 1 aliphatic rings. The Hall–Kier alpha value is -1.55. The second-order valence-electron chi connectivity index (χ2n) is 4.74. The van der Waals surface area contributed by atoms with Crippen molar-refractivity contribution in [2.75, 3.05) is 13.1 Å². The molecule has 1 saturated carbocycles. The summed E-state index contributed by atoms with van der Waals surface area (Å²) in [6.45, 7) is 2.38. The van der Waals surface area contributed by atoms with Crippen LogP contribution in [-0.2, 0) is 9.59 Å². The second kappa shape index (κ2) is 6.06. The molecule has 0 bridgehead atoms. The number of amides is 2. The average Bonchev–Trinajstić information content (AvgIpc) is 3.15. The molecule has 1 fully saturated rings. The Morgan fingerprint density at radius 2 is 1.95 bits per heavy atom. The van der Waals surface area contributed by atoms with E-state index in [0.29, 0.717) is 13.1 Å². The molecule has 0 saturated heterocycles. The molecule has 0 radical (unpaired) electrons. The van der Waals surface area contributed by atoms with E-state index in [-0.39, 0.29) is 23.7 Å². The lowest BCUT2D eigenvalue weighted by Gasteiger charge is -2.06. The third kappa shape index (κ3) is 3.70. The number of halogens is 1. The molecule has 2 N–H and O–H groups in total. The Kier molecular flexibility index (Phi) is 4.43. The summed E-state index contributed by atoms with van der Waals surface area (Å²) in [7, 11) is 0. The number of benzene rings is 1. The molecule has 0 aromatic heterocycles. The van der Waals surface area contributed by atoms with Gasteiger partial charge in [0.05, 0.1) is 0 Å². The minimum atomic E-state index is -0.0883. The van der Waals surface area contributed by atoms with Gasteiger partial charge in [0.2, 0.25) is 11.8 Å². The number of hydrogen-bond donors (Lipinski definition) is 2. The van der Waals surface area contributed by atoms with Crippen molar-refractivity contribution in [3.05, 3.63) is 34.9 Å². The molecule has 2 unspecified atom stereocenters. The Labute approximate surface area is 117 Å². The first kappa shape index (κ1) is 13.9. The van der Waals surface area contributed by atoms with Crippen LogP contribution in [-0.4, -0.2) is 24.9 Å². The zero-order chi connectivity index (χ0) is 13.8. The van der Waals surface area contributed by atoms with Gasteiger partial charge in [0.1, 0.15) is 0 Å². The number of carbonyl (C=O) groups is 2. The molecule has 5 heteroatoms. The van der Waals surface area contributed by atoms with Crippen LogP contribution in [0.25, 0.3) is 0 Å². The lowest BCUT2D eigenvalue weighted by molar-refractivity contribution is -0.123. The van der Waals surface area contributed by atoms with Gasteiger partial charge in [-0.2, -0.15) is 0 Å². The van der Waals surface area contributed by atoms with Gasteiger partial charge in [0, 0.05) is 31.0 Å². The summed E-state index contributed by atoms with van der Waals surface area (Å²) < 4.78 is 0. The molecule has 19 heavy (non-hydrogen) atoms. The number of hydrogen-bond acceptors (Lipinski definition) is 2. The van der Waals surface area contributed by atoms with Crippen LogP contribution in [0.5, 0.6) is 0 Å². The van der Waals surface area contributed by atoms with Crippen molar-refractivity contribution in [1.82, 2.24) is 10.6 Å². The summed E-state index contributed by atoms with van der Waals surface area (Å²) in [5.74, 6) is 0.191. The summed E-state index contributed by atoms with van der Waals surface area (Å²) >= 11 is 6.11. The topological polar surface area (TPSA) is 58.2 Å². The van der Waals surface area contributed by atoms with E-state index in [0.717, 1.165) is 17.0 Å². The first-order valence-corrected chi connectivity index (χ1v) is 6.74. The fourth-order valence-electron chi connectivity index (χ4n) is 2.16. The van der Waals surface area contributed by atoms with Crippen molar-refractivity contribution < 1.29 is 9.59 Å². The minimum Gasteiger partial charge on any atom is -0.355 e. The third-order valence-electron chi connectivity index (χ3n) is 3.23. The SMILES string of the molecule is CC(=O)NCCNC(=O)C1CC1c1ccccc1Cl. The Balaban J connectivity index is 1.78. The lowest BCUT2D eigenvalue weighted by Crippen LogP contribution is -2.34. The average molecular weight is 281 g/mol. The number of nitrogens with one attached hydrogen (secondary N) is 2. The monoisotopic (exact) mass is 280 g/mol. The maximum atomic E-state index is 11.9. The standard InChI is InChI=1S/C14H17ClN2O2/c1-9(18)16-6-7-17-14(19)12-8-11(12)10-4-2-3-5-13(10)15/h2-5,11-12H,6-8H2,1H3,(H,16,18)(H,17,19). The maximum absolute atomic E-state index is 11.9. The highest BCUT2D eigenvalue weighted by Crippen LogP contribution is 2.49. The van der Waals surface area contributed by atoms with Gasteiger partial charge >= 0.3 is 0 Å². The molecule has 1 aromatic carbocycles. The summed E-state index contributed by atoms with van der Waals surface area (Å²) in [6, 6.07) is 7.64. The maximum Gasteiger partial charge on any atom is 0.223 e. The molecule has 0 heterocycles. The Morgan fingerprint density at radius 1 is 1.26 bits per heavy atom. The van der Waals surface area contributed by atoms with Gasteiger partial charge < -0.3 is 10.6 Å². The molecule has 2 amide bonds. The van der Waals surface area contributed by atoms with E-state index in [1.165, 1.54) is 6.92 Å². The van der Waals surface area contributed by atoms with Crippen LogP contribution in [0, 0.1) is 5.92 Å². The number of carbonyl (C=O) groups excluding carboxylic acids is 2. The fraction of sp³-hybridized carbons (Fsp3) is 0.429. The van der Waals surface area contributed by atoms with Gasteiger partial charge in [-0.05, 0) is 24.0 Å². The van der Waals surface area contributed by atoms with Gasteiger partial charge in [-0.25, -0.2) is 0 Å². The molecule has 4 nitrogen and oxygen atoms in total. The summed E-state index contributed by atoms with van der Waals surface area (Å²) in [6.07, 6.45) is 0.843. The molecule has 102 valence electrons. The van der Waals surface area contributed by atoms with Crippen LogP contribution in [0.15, 0.2) is 24.3 Å². The van der Waals surface area contributed by atoms with Gasteiger partial charge in [-0.15, -0.1) is 0 Å². The van der Waals surface area contributed by atoms with Crippen molar-refractivity contribution in [2.24, 2.45) is 5.92 Å². The molecule has 0 aliphatic heterocycles. The molecular formula is C14H17ClN2O2. The van der Waals surface area contributed by atoms with Crippen LogP contribution in [0.2, 0.25) is 5.02 Å². The van der Waals surface area contributed by atoms with Gasteiger partial charge in [-0.3, -0.25) is 9.59 Å². The molecule has 1 aliphatic carbocycles. The molecule has 2 rings (SSSR count). The molecule has 2 atom stereocenters. The van der Waals surface area contributed by atoms with Gasteiger partial charge in [0.25, 0.3) is 0 Å². The van der Waals surface area contributed by atoms with E-state index in [2.05, 4.69) is 10.6 Å². The number of rotatable bonds is 5. The van der Waals surface area contributed by atoms with E-state index >= 15 is 0 Å². The zero-order valence-electron chi connectivity index (χ0n) is 10.8. The van der Waals surface area contributed by atoms with Gasteiger partial charge in [-0.1, -0.05) is 29.8 Å². The summed E-state index contributed by atoms with van der Waals surface area (Å²) in [4.78, 5) is 22.5. The highest BCUT2D eigenvalue weighted by atomic mass is 35.5. The smallest absolute Gasteiger partial charge is 0.223 e. The third-order valence-corrected chi connectivity index (χ3v) is 3.57. The van der Waals surface area contributed by atoms with Crippen LogP contribution in [0.1, 0.15) is 24.8 Å². The highest BCUT2D eigenvalue weighted by molar-refractivity contribution is 6.31. The van der Waals surface area contributed by atoms with Crippen LogP contribution < -0.4 is 10.6 Å². The molecular weight excluding hydrogens is 264 g/mol. The van der Waals surface area contributed by atoms with Crippen molar-refractivity contribution in [1.29, 1.82) is 0 Å². The van der Waals surface area contributed by atoms with E-state index < -0.39 is 0 Å². The summed E-state index contributed by atoms with van der Waals surface area (Å²) in [5.41, 5.74) is 1.05. The zero-order valence-corrected chi connectivity index (χ0v) is 11.5. The lowest BCUT2D eigenvalue weighted by atomic mass is 10.1. The molecule has 1 aromatic rings. The second-order valence-corrected chi connectivity index (χ2v) is 5.15. The van der Waals surface area contributed by atoms with Crippen LogP contribution >= 0.6 is 11.6 Å².